The molecule has 1 saturated heterocycles. The second-order valence-electron chi connectivity index (χ2n) is 3.41. The maximum absolute atomic E-state index is 11.4. The third-order valence-corrected chi connectivity index (χ3v) is 2.48. The van der Waals surface area contributed by atoms with Crippen molar-refractivity contribution in [3.8, 4) is 0 Å². The maximum Gasteiger partial charge on any atom is 0.251 e. The van der Waals surface area contributed by atoms with Gasteiger partial charge >= 0.3 is 0 Å². The predicted octanol–water partition coefficient (Wildman–Crippen LogP) is 1.88. The summed E-state index contributed by atoms with van der Waals surface area (Å²) < 4.78 is 0. The second kappa shape index (κ2) is 3.66. The zero-order valence-electron chi connectivity index (χ0n) is 8.21. The van der Waals surface area contributed by atoms with Crippen LogP contribution in [0.15, 0.2) is 47.1 Å². The van der Waals surface area contributed by atoms with Crippen LogP contribution in [-0.4, -0.2) is 12.5 Å². The van der Waals surface area contributed by atoms with Gasteiger partial charge in [0.15, 0.2) is 0 Å². The van der Waals surface area contributed by atoms with E-state index in [1.807, 2.05) is 18.2 Å². The summed E-state index contributed by atoms with van der Waals surface area (Å²) in [6, 6.07) is 0. The molecule has 1 aliphatic carbocycles. The number of allylic oxidation sites excluding steroid dienone is 6. The second-order valence-corrected chi connectivity index (χ2v) is 3.41. The standard InChI is InChI=1S/C12H13NO/c1-2-9-5-3-4-6-11-10(7-9)8-13-12(11)14/h3-7H,2,8H2,1H3,(H,13,14)/b4-3-,5-3?,6-4?,9-5-,9-7?,10-7-,11-6+. The molecule has 72 valence electrons. The van der Waals surface area contributed by atoms with Gasteiger partial charge in [-0.1, -0.05) is 31.2 Å². The van der Waals surface area contributed by atoms with Crippen molar-refractivity contribution in [1.29, 1.82) is 0 Å². The molecule has 1 heterocycles. The largest absolute Gasteiger partial charge is 0.348 e. The first kappa shape index (κ1) is 9.00. The maximum atomic E-state index is 11.4. The van der Waals surface area contributed by atoms with Crippen LogP contribution in [0, 0.1) is 0 Å². The van der Waals surface area contributed by atoms with E-state index < -0.39 is 0 Å². The lowest BCUT2D eigenvalue weighted by molar-refractivity contribution is -0.116. The van der Waals surface area contributed by atoms with Gasteiger partial charge in [-0.05, 0) is 23.6 Å². The molecule has 2 rings (SSSR count). The normalized spacial score (nSPS) is 33.5. The molecule has 14 heavy (non-hydrogen) atoms. The van der Waals surface area contributed by atoms with Crippen molar-refractivity contribution in [2.24, 2.45) is 0 Å². The molecule has 0 radical (unpaired) electrons. The van der Waals surface area contributed by atoms with Crippen molar-refractivity contribution in [3.05, 3.63) is 47.1 Å². The van der Waals surface area contributed by atoms with E-state index in [2.05, 4.69) is 24.4 Å². The summed E-state index contributed by atoms with van der Waals surface area (Å²) in [7, 11) is 0. The smallest absolute Gasteiger partial charge is 0.251 e. The number of carbonyl (C=O) groups excluding carboxylic acids is 1. The van der Waals surface area contributed by atoms with Crippen LogP contribution in [0.25, 0.3) is 0 Å². The molecule has 2 heteroatoms. The highest BCUT2D eigenvalue weighted by Crippen LogP contribution is 2.20. The van der Waals surface area contributed by atoms with Crippen LogP contribution >= 0.6 is 0 Å². The first-order chi connectivity index (χ1) is 6.81. The van der Waals surface area contributed by atoms with Crippen LogP contribution in [-0.2, 0) is 4.79 Å². The Hall–Kier alpha value is -1.57. The molecule has 1 N–H and O–H groups in total. The highest BCUT2D eigenvalue weighted by Gasteiger charge is 2.21. The third kappa shape index (κ3) is 1.55. The molecule has 1 amide bonds. The molecule has 0 aromatic heterocycles. The number of nitrogens with one attached hydrogen (secondary N) is 1. The molecule has 0 bridgehead atoms. The van der Waals surface area contributed by atoms with Crippen molar-refractivity contribution in [3.63, 3.8) is 0 Å². The molecular formula is C12H13NO. The SMILES string of the molecule is CCC1=C/C=C\C=C2\C(=O)NC\C2=C\1. The number of amides is 1. The molecule has 0 saturated carbocycles. The summed E-state index contributed by atoms with van der Waals surface area (Å²) in [6.45, 7) is 2.78. The molecule has 2 aliphatic rings. The van der Waals surface area contributed by atoms with Gasteiger partial charge in [0.1, 0.15) is 0 Å². The summed E-state index contributed by atoms with van der Waals surface area (Å²) in [6.07, 6.45) is 11.0. The van der Waals surface area contributed by atoms with E-state index in [-0.39, 0.29) is 5.91 Å². The van der Waals surface area contributed by atoms with Gasteiger partial charge in [0.25, 0.3) is 5.91 Å². The van der Waals surface area contributed by atoms with Crippen molar-refractivity contribution in [2.45, 2.75) is 13.3 Å². The number of hydrogen-bond donors (Lipinski definition) is 1. The number of fused-ring (bicyclic) bond motifs is 1. The minimum atomic E-state index is 0.0400. The van der Waals surface area contributed by atoms with E-state index in [9.17, 15) is 4.79 Å². The highest BCUT2D eigenvalue weighted by atomic mass is 16.2. The molecule has 1 aliphatic heterocycles. The summed E-state index contributed by atoms with van der Waals surface area (Å²) in [5.74, 6) is 0.0400. The monoisotopic (exact) mass is 187 g/mol. The highest BCUT2D eigenvalue weighted by molar-refractivity contribution is 6.01. The third-order valence-electron chi connectivity index (χ3n) is 2.48. The predicted molar refractivity (Wildman–Crippen MR) is 56.7 cm³/mol. The molecule has 1 fully saturated rings. The van der Waals surface area contributed by atoms with E-state index in [1.54, 1.807) is 0 Å². The number of rotatable bonds is 1. The lowest BCUT2D eigenvalue weighted by atomic mass is 10.0. The van der Waals surface area contributed by atoms with E-state index in [0.29, 0.717) is 6.54 Å². The van der Waals surface area contributed by atoms with Crippen LogP contribution in [0.1, 0.15) is 13.3 Å². The van der Waals surface area contributed by atoms with Gasteiger partial charge in [-0.15, -0.1) is 0 Å². The molecule has 0 aromatic carbocycles. The topological polar surface area (TPSA) is 29.1 Å². The first-order valence-corrected chi connectivity index (χ1v) is 4.88. The molecule has 0 unspecified atom stereocenters. The van der Waals surface area contributed by atoms with E-state index in [0.717, 1.165) is 17.6 Å². The molecule has 0 aromatic rings. The Morgan fingerprint density at radius 3 is 2.93 bits per heavy atom. The van der Waals surface area contributed by atoms with Gasteiger partial charge in [0, 0.05) is 12.1 Å². The average molecular weight is 187 g/mol. The summed E-state index contributed by atoms with van der Waals surface area (Å²) in [5.41, 5.74) is 3.17. The van der Waals surface area contributed by atoms with Crippen molar-refractivity contribution in [1.82, 2.24) is 5.32 Å². The molecule has 0 atom stereocenters. The quantitative estimate of drug-likeness (QED) is 0.667. The minimum Gasteiger partial charge on any atom is -0.348 e. The molecule has 0 spiro atoms. The Morgan fingerprint density at radius 2 is 2.14 bits per heavy atom. The van der Waals surface area contributed by atoms with Crippen LogP contribution < -0.4 is 5.32 Å². The Balaban J connectivity index is 2.41. The fourth-order valence-corrected chi connectivity index (χ4v) is 1.65. The molecular weight excluding hydrogens is 174 g/mol. The molecule has 2 nitrogen and oxygen atoms in total. The fourth-order valence-electron chi connectivity index (χ4n) is 1.65. The van der Waals surface area contributed by atoms with Gasteiger partial charge in [0.2, 0.25) is 0 Å². The minimum absolute atomic E-state index is 0.0400. The van der Waals surface area contributed by atoms with E-state index in [4.69, 9.17) is 0 Å². The summed E-state index contributed by atoms with van der Waals surface area (Å²) in [4.78, 5) is 11.4. The van der Waals surface area contributed by atoms with Gasteiger partial charge in [-0.3, -0.25) is 4.79 Å². The van der Waals surface area contributed by atoms with E-state index in [1.165, 1.54) is 5.57 Å². The van der Waals surface area contributed by atoms with Crippen molar-refractivity contribution < 1.29 is 4.79 Å². The average Bonchev–Trinajstić information content (AvgIpc) is 2.46. The first-order valence-electron chi connectivity index (χ1n) is 4.88. The Morgan fingerprint density at radius 1 is 1.36 bits per heavy atom. The summed E-state index contributed by atoms with van der Waals surface area (Å²) in [5, 5.41) is 2.83. The summed E-state index contributed by atoms with van der Waals surface area (Å²) >= 11 is 0. The van der Waals surface area contributed by atoms with Gasteiger partial charge in [-0.2, -0.15) is 0 Å². The van der Waals surface area contributed by atoms with E-state index >= 15 is 0 Å². The van der Waals surface area contributed by atoms with Crippen molar-refractivity contribution >= 4 is 5.91 Å². The zero-order valence-corrected chi connectivity index (χ0v) is 8.21. The lowest BCUT2D eigenvalue weighted by Crippen LogP contribution is -2.13. The van der Waals surface area contributed by atoms with Gasteiger partial charge < -0.3 is 5.32 Å². The number of hydrogen-bond acceptors (Lipinski definition) is 1. The van der Waals surface area contributed by atoms with Gasteiger partial charge in [0.05, 0.1) is 0 Å². The Bertz CT molecular complexity index is 383. The Labute approximate surface area is 83.7 Å². The lowest BCUT2D eigenvalue weighted by Gasteiger charge is -2.02. The van der Waals surface area contributed by atoms with Crippen LogP contribution in [0.2, 0.25) is 0 Å². The van der Waals surface area contributed by atoms with Crippen LogP contribution in [0.3, 0.4) is 0 Å². The fraction of sp³-hybridized carbons (Fsp3) is 0.250. The zero-order chi connectivity index (χ0) is 9.97. The Kier molecular flexibility index (Phi) is 2.35. The number of carbonyl (C=O) groups is 1. The van der Waals surface area contributed by atoms with Crippen LogP contribution in [0.5, 0.6) is 0 Å². The van der Waals surface area contributed by atoms with Crippen LogP contribution in [0.4, 0.5) is 0 Å². The van der Waals surface area contributed by atoms with Gasteiger partial charge in [-0.25, -0.2) is 0 Å². The van der Waals surface area contributed by atoms with Crippen molar-refractivity contribution in [2.75, 3.05) is 6.54 Å².